The maximum atomic E-state index is 12.6. The van der Waals surface area contributed by atoms with Gasteiger partial charge in [-0.05, 0) is 37.7 Å². The smallest absolute Gasteiger partial charge is 0.326 e. The highest BCUT2D eigenvalue weighted by Crippen LogP contribution is 2.05. The molecule has 3 atom stereocenters. The Labute approximate surface area is 173 Å². The molecule has 0 saturated heterocycles. The molecule has 13 heteroatoms. The molecule has 29 heavy (non-hydrogen) atoms. The van der Waals surface area contributed by atoms with Gasteiger partial charge in [-0.1, -0.05) is 0 Å². The first kappa shape index (κ1) is 26.5. The van der Waals surface area contributed by atoms with E-state index in [-0.39, 0.29) is 38.2 Å². The van der Waals surface area contributed by atoms with Gasteiger partial charge in [0.25, 0.3) is 0 Å². The second-order valence-corrected chi connectivity index (χ2v) is 7.29. The van der Waals surface area contributed by atoms with Crippen molar-refractivity contribution in [2.24, 2.45) is 27.9 Å². The number of carbonyl (C=O) groups excluding carboxylic acids is 3. The first-order valence-electron chi connectivity index (χ1n) is 9.00. The molecule has 0 saturated carbocycles. The topological polar surface area (TPSA) is 229 Å². The van der Waals surface area contributed by atoms with E-state index in [0.29, 0.717) is 12.2 Å². The number of aliphatic imine (C=N–C) groups is 1. The number of nitrogens with one attached hydrogen (secondary N) is 2. The lowest BCUT2D eigenvalue weighted by Crippen LogP contribution is -2.54. The van der Waals surface area contributed by atoms with E-state index in [1.165, 1.54) is 11.8 Å². The molecule has 0 aliphatic heterocycles. The number of guanidine groups is 1. The summed E-state index contributed by atoms with van der Waals surface area (Å²) in [5.41, 5.74) is 21.3. The van der Waals surface area contributed by atoms with Crippen molar-refractivity contribution in [1.82, 2.24) is 10.6 Å². The Bertz CT molecular complexity index is 598. The van der Waals surface area contributed by atoms with E-state index in [2.05, 4.69) is 15.6 Å². The summed E-state index contributed by atoms with van der Waals surface area (Å²) in [6.45, 7) is 0.227. The number of carbonyl (C=O) groups is 4. The summed E-state index contributed by atoms with van der Waals surface area (Å²) in [6.07, 6.45) is 2.51. The molecule has 0 bridgehead atoms. The Hall–Kier alpha value is -2.54. The van der Waals surface area contributed by atoms with E-state index >= 15 is 0 Å². The lowest BCUT2D eigenvalue weighted by Gasteiger charge is -2.22. The number of nitrogens with zero attached hydrogens (tertiary/aromatic N) is 1. The van der Waals surface area contributed by atoms with Crippen LogP contribution < -0.4 is 33.6 Å². The molecule has 0 spiro atoms. The van der Waals surface area contributed by atoms with Crippen molar-refractivity contribution in [2.75, 3.05) is 18.6 Å². The molecular formula is C16H31N7O5S. The first-order chi connectivity index (χ1) is 13.6. The highest BCUT2D eigenvalue weighted by Gasteiger charge is 2.27. The van der Waals surface area contributed by atoms with E-state index in [1.54, 1.807) is 0 Å². The fourth-order valence-electron chi connectivity index (χ4n) is 2.25. The molecule has 12 nitrogen and oxygen atoms in total. The maximum absolute atomic E-state index is 12.6. The largest absolute Gasteiger partial charge is 0.480 e. The summed E-state index contributed by atoms with van der Waals surface area (Å²) in [5, 5.41) is 14.2. The molecule has 11 N–H and O–H groups in total. The van der Waals surface area contributed by atoms with Gasteiger partial charge >= 0.3 is 5.97 Å². The van der Waals surface area contributed by atoms with Crippen LogP contribution in [0.2, 0.25) is 0 Å². The van der Waals surface area contributed by atoms with Crippen molar-refractivity contribution >= 4 is 41.4 Å². The Morgan fingerprint density at radius 1 is 1.00 bits per heavy atom. The minimum Gasteiger partial charge on any atom is -0.480 e. The summed E-state index contributed by atoms with van der Waals surface area (Å²) in [5.74, 6) is -2.64. The molecule has 0 unspecified atom stereocenters. The van der Waals surface area contributed by atoms with Crippen molar-refractivity contribution in [3.8, 4) is 0 Å². The van der Waals surface area contributed by atoms with Gasteiger partial charge in [0.2, 0.25) is 17.7 Å². The van der Waals surface area contributed by atoms with Crippen LogP contribution in [0.1, 0.15) is 32.1 Å². The quantitative estimate of drug-likeness (QED) is 0.0816. The van der Waals surface area contributed by atoms with Crippen LogP contribution in [0.15, 0.2) is 4.99 Å². The third-order valence-electron chi connectivity index (χ3n) is 3.84. The fraction of sp³-hybridized carbons (Fsp3) is 0.688. The summed E-state index contributed by atoms with van der Waals surface area (Å²) < 4.78 is 0. The zero-order chi connectivity index (χ0) is 22.4. The Morgan fingerprint density at radius 3 is 2.14 bits per heavy atom. The predicted molar refractivity (Wildman–Crippen MR) is 111 cm³/mol. The number of primary amides is 1. The van der Waals surface area contributed by atoms with E-state index < -0.39 is 41.8 Å². The van der Waals surface area contributed by atoms with Crippen molar-refractivity contribution in [1.29, 1.82) is 0 Å². The summed E-state index contributed by atoms with van der Waals surface area (Å²) in [4.78, 5) is 50.8. The molecule has 0 aromatic heterocycles. The van der Waals surface area contributed by atoms with E-state index in [4.69, 9.17) is 22.9 Å². The van der Waals surface area contributed by atoms with E-state index in [0.717, 1.165) is 0 Å². The van der Waals surface area contributed by atoms with E-state index in [9.17, 15) is 24.3 Å². The van der Waals surface area contributed by atoms with Gasteiger partial charge in [-0.15, -0.1) is 0 Å². The first-order valence-corrected chi connectivity index (χ1v) is 10.4. The van der Waals surface area contributed by atoms with Gasteiger partial charge in [0.1, 0.15) is 12.1 Å². The summed E-state index contributed by atoms with van der Waals surface area (Å²) in [7, 11) is 0. The molecule has 0 heterocycles. The average Bonchev–Trinajstić information content (AvgIpc) is 2.64. The highest BCUT2D eigenvalue weighted by molar-refractivity contribution is 7.98. The number of nitrogens with two attached hydrogens (primary N) is 4. The molecule has 0 aliphatic rings. The predicted octanol–water partition coefficient (Wildman–Crippen LogP) is -2.56. The van der Waals surface area contributed by atoms with Crippen LogP contribution in [-0.4, -0.2) is 71.4 Å². The Balaban J connectivity index is 5.06. The minimum absolute atomic E-state index is 0.0228. The Morgan fingerprint density at radius 2 is 1.62 bits per heavy atom. The Kier molecular flexibility index (Phi) is 13.2. The molecular weight excluding hydrogens is 402 g/mol. The number of carboxylic acid groups (broad SMARTS) is 1. The monoisotopic (exact) mass is 433 g/mol. The second kappa shape index (κ2) is 14.5. The molecule has 0 aromatic carbocycles. The van der Waals surface area contributed by atoms with Crippen molar-refractivity contribution in [3.63, 3.8) is 0 Å². The van der Waals surface area contributed by atoms with Crippen LogP contribution in [0.5, 0.6) is 0 Å². The number of thioether (sulfide) groups is 1. The van der Waals surface area contributed by atoms with Crippen LogP contribution in [0.3, 0.4) is 0 Å². The lowest BCUT2D eigenvalue weighted by molar-refractivity contribution is -0.142. The number of aliphatic carboxylic acids is 1. The third kappa shape index (κ3) is 12.5. The van der Waals surface area contributed by atoms with Gasteiger partial charge in [-0.3, -0.25) is 19.4 Å². The van der Waals surface area contributed by atoms with Crippen LogP contribution >= 0.6 is 11.8 Å². The average molecular weight is 434 g/mol. The summed E-state index contributed by atoms with van der Waals surface area (Å²) in [6, 6.07) is -3.16. The van der Waals surface area contributed by atoms with Crippen molar-refractivity contribution in [2.45, 2.75) is 50.2 Å². The van der Waals surface area contributed by atoms with Crippen LogP contribution in [0.4, 0.5) is 0 Å². The molecule has 0 radical (unpaired) electrons. The molecule has 3 amide bonds. The zero-order valence-corrected chi connectivity index (χ0v) is 17.2. The minimum atomic E-state index is -1.17. The maximum Gasteiger partial charge on any atom is 0.326 e. The highest BCUT2D eigenvalue weighted by atomic mass is 32.2. The number of hydrogen-bond donors (Lipinski definition) is 7. The van der Waals surface area contributed by atoms with E-state index in [1.807, 2.05) is 6.26 Å². The molecule has 0 fully saturated rings. The van der Waals surface area contributed by atoms with Crippen molar-refractivity contribution in [3.05, 3.63) is 0 Å². The summed E-state index contributed by atoms with van der Waals surface area (Å²) >= 11 is 1.45. The van der Waals surface area contributed by atoms with Gasteiger partial charge < -0.3 is 38.7 Å². The number of amides is 3. The normalized spacial score (nSPS) is 13.6. The SMILES string of the molecule is CSCC[C@H](NC(=O)[C@H](CCCN=C(N)N)NC(=O)[C@@H](N)CCC(N)=O)C(=O)O. The van der Waals surface area contributed by atoms with Gasteiger partial charge in [-0.2, -0.15) is 11.8 Å². The number of hydrogen-bond acceptors (Lipinski definition) is 7. The number of rotatable bonds is 15. The van der Waals surface area contributed by atoms with Crippen molar-refractivity contribution < 1.29 is 24.3 Å². The van der Waals surface area contributed by atoms with Gasteiger partial charge in [0.05, 0.1) is 6.04 Å². The van der Waals surface area contributed by atoms with Crippen LogP contribution in [-0.2, 0) is 19.2 Å². The molecule has 0 rings (SSSR count). The van der Waals surface area contributed by atoms with Gasteiger partial charge in [0, 0.05) is 13.0 Å². The van der Waals surface area contributed by atoms with Crippen LogP contribution in [0, 0.1) is 0 Å². The third-order valence-corrected chi connectivity index (χ3v) is 4.49. The zero-order valence-electron chi connectivity index (χ0n) is 16.4. The number of carboxylic acids is 1. The fourth-order valence-corrected chi connectivity index (χ4v) is 2.72. The molecule has 0 aliphatic carbocycles. The second-order valence-electron chi connectivity index (χ2n) is 6.30. The van der Waals surface area contributed by atoms with Crippen LogP contribution in [0.25, 0.3) is 0 Å². The van der Waals surface area contributed by atoms with Gasteiger partial charge in [-0.25, -0.2) is 4.79 Å². The molecule has 166 valence electrons. The molecule has 0 aromatic rings. The van der Waals surface area contributed by atoms with Gasteiger partial charge in [0.15, 0.2) is 5.96 Å². The lowest BCUT2D eigenvalue weighted by atomic mass is 10.1. The standard InChI is InChI=1S/C16H31N7O5S/c1-29-8-6-11(15(27)28)23-14(26)10(3-2-7-21-16(19)20)22-13(25)9(17)4-5-12(18)24/h9-11H,2-8,17H2,1H3,(H2,18,24)(H,22,25)(H,23,26)(H,27,28)(H4,19,20,21)/t9-,10-,11-/m0/s1.